The number of nitrogens with zero attached hydrogens (tertiary/aromatic N) is 1. The van der Waals surface area contributed by atoms with Crippen molar-refractivity contribution in [3.8, 4) is 6.07 Å². The first-order chi connectivity index (χ1) is 7.55. The summed E-state index contributed by atoms with van der Waals surface area (Å²) in [6, 6.07) is 1.61. The molecule has 0 heterocycles. The average molecular weight is 249 g/mol. The fourth-order valence-electron chi connectivity index (χ4n) is 1.02. The van der Waals surface area contributed by atoms with Gasteiger partial charge in [0.1, 0.15) is 0 Å². The summed E-state index contributed by atoms with van der Waals surface area (Å²) in [6.07, 6.45) is 0. The fraction of sp³-hybridized carbons (Fsp3) is 0.778. The van der Waals surface area contributed by atoms with E-state index in [4.69, 9.17) is 14.3 Å². The van der Waals surface area contributed by atoms with Crippen molar-refractivity contribution in [1.29, 1.82) is 5.26 Å². The van der Waals surface area contributed by atoms with E-state index in [1.165, 1.54) is 0 Å². The molecule has 92 valence electrons. The van der Waals surface area contributed by atoms with Crippen molar-refractivity contribution in [2.24, 2.45) is 0 Å². The Hall–Kier alpha value is -0.890. The molecule has 1 atom stereocenters. The largest absolute Gasteiger partial charge is 0.465 e. The first kappa shape index (κ1) is 15.1. The molecule has 0 aromatic heterocycles. The van der Waals surface area contributed by atoms with Crippen molar-refractivity contribution in [3.63, 3.8) is 0 Å². The quantitative estimate of drug-likeness (QED) is 0.504. The minimum absolute atomic E-state index is 0.0921. The Labute approximate surface area is 95.0 Å². The van der Waals surface area contributed by atoms with E-state index in [1.54, 1.807) is 26.8 Å². The van der Waals surface area contributed by atoms with Crippen LogP contribution in [-0.4, -0.2) is 31.4 Å². The normalized spacial score (nSPS) is 12.9. The van der Waals surface area contributed by atoms with Gasteiger partial charge in [-0.05, 0) is 20.8 Å². The maximum absolute atomic E-state index is 12.1. The van der Waals surface area contributed by atoms with Gasteiger partial charge in [0.2, 0.25) is 5.66 Å². The van der Waals surface area contributed by atoms with Crippen LogP contribution >= 0.6 is 7.60 Å². The Balaban J connectivity index is 4.93. The van der Waals surface area contributed by atoms with Crippen molar-refractivity contribution in [2.75, 3.05) is 19.8 Å². The topological polar surface area (TPSA) is 85.6 Å². The molecule has 0 aromatic rings. The van der Waals surface area contributed by atoms with Crippen molar-refractivity contribution in [2.45, 2.75) is 26.4 Å². The third-order valence-electron chi connectivity index (χ3n) is 1.57. The first-order valence-electron chi connectivity index (χ1n) is 5.00. The Morgan fingerprint density at radius 1 is 1.25 bits per heavy atom. The van der Waals surface area contributed by atoms with Crippen LogP contribution < -0.4 is 0 Å². The molecule has 0 fully saturated rings. The summed E-state index contributed by atoms with van der Waals surface area (Å²) in [5, 5.41) is 8.83. The van der Waals surface area contributed by atoms with Gasteiger partial charge in [-0.3, -0.25) is 4.57 Å². The summed E-state index contributed by atoms with van der Waals surface area (Å²) in [4.78, 5) is 11.4. The van der Waals surface area contributed by atoms with Crippen LogP contribution in [0.4, 0.5) is 0 Å². The lowest BCUT2D eigenvalue weighted by molar-refractivity contribution is -0.141. The second kappa shape index (κ2) is 7.39. The van der Waals surface area contributed by atoms with Crippen molar-refractivity contribution >= 4 is 13.6 Å². The van der Waals surface area contributed by atoms with Crippen LogP contribution in [0.15, 0.2) is 0 Å². The van der Waals surface area contributed by atoms with Crippen LogP contribution in [0.1, 0.15) is 20.8 Å². The maximum Gasteiger partial charge on any atom is 0.359 e. The zero-order valence-corrected chi connectivity index (χ0v) is 10.5. The lowest BCUT2D eigenvalue weighted by Crippen LogP contribution is -2.24. The highest BCUT2D eigenvalue weighted by Gasteiger charge is 2.42. The van der Waals surface area contributed by atoms with Gasteiger partial charge in [0, 0.05) is 0 Å². The zero-order chi connectivity index (χ0) is 12.6. The number of esters is 1. The number of carbonyl (C=O) groups is 1. The third kappa shape index (κ3) is 3.93. The Kier molecular flexibility index (Phi) is 6.98. The van der Waals surface area contributed by atoms with Gasteiger partial charge in [-0.1, -0.05) is 0 Å². The van der Waals surface area contributed by atoms with Crippen molar-refractivity contribution in [3.05, 3.63) is 0 Å². The SMILES string of the molecule is CCOC(=O)C(C#N)P(=O)(OCC)OCC. The van der Waals surface area contributed by atoms with Crippen molar-refractivity contribution in [1.82, 2.24) is 0 Å². The molecule has 0 N–H and O–H groups in total. The average Bonchev–Trinajstić information content (AvgIpc) is 2.19. The molecule has 0 aromatic carbocycles. The highest BCUT2D eigenvalue weighted by molar-refractivity contribution is 7.56. The Bertz CT molecular complexity index is 302. The summed E-state index contributed by atoms with van der Waals surface area (Å²) >= 11 is 0. The molecule has 0 rings (SSSR count). The molecule has 0 saturated carbocycles. The lowest BCUT2D eigenvalue weighted by Gasteiger charge is -2.19. The third-order valence-corrected chi connectivity index (χ3v) is 3.76. The number of rotatable bonds is 7. The standard InChI is InChI=1S/C9H16NO5P/c1-4-13-9(11)8(7-10)16(12,14-5-2)15-6-3/h8H,4-6H2,1-3H3. The van der Waals surface area contributed by atoms with Gasteiger partial charge >= 0.3 is 13.6 Å². The van der Waals surface area contributed by atoms with Gasteiger partial charge in [-0.15, -0.1) is 0 Å². The van der Waals surface area contributed by atoms with Crippen LogP contribution in [0.3, 0.4) is 0 Å². The number of ether oxygens (including phenoxy) is 1. The molecule has 0 aliphatic carbocycles. The van der Waals surface area contributed by atoms with Gasteiger partial charge < -0.3 is 13.8 Å². The predicted molar refractivity (Wildman–Crippen MR) is 56.9 cm³/mol. The van der Waals surface area contributed by atoms with Crippen LogP contribution in [0.25, 0.3) is 0 Å². The Morgan fingerprint density at radius 3 is 2.06 bits per heavy atom. The van der Waals surface area contributed by atoms with E-state index < -0.39 is 19.2 Å². The van der Waals surface area contributed by atoms with Gasteiger partial charge in [0.05, 0.1) is 25.9 Å². The summed E-state index contributed by atoms with van der Waals surface area (Å²) in [6.45, 7) is 5.09. The van der Waals surface area contributed by atoms with Gasteiger partial charge in [-0.25, -0.2) is 4.79 Å². The smallest absolute Gasteiger partial charge is 0.359 e. The molecule has 16 heavy (non-hydrogen) atoms. The summed E-state index contributed by atoms with van der Waals surface area (Å²) in [7, 11) is -3.75. The van der Waals surface area contributed by atoms with Gasteiger partial charge in [-0.2, -0.15) is 5.26 Å². The molecule has 1 unspecified atom stereocenters. The van der Waals surface area contributed by atoms with Gasteiger partial charge in [0.25, 0.3) is 0 Å². The lowest BCUT2D eigenvalue weighted by atomic mass is 10.5. The molecule has 0 spiro atoms. The van der Waals surface area contributed by atoms with Crippen LogP contribution in [0.2, 0.25) is 0 Å². The van der Waals surface area contributed by atoms with Crippen LogP contribution in [-0.2, 0) is 23.1 Å². The van der Waals surface area contributed by atoms with E-state index in [1.807, 2.05) is 0 Å². The zero-order valence-electron chi connectivity index (χ0n) is 9.63. The molecule has 0 bridgehead atoms. The predicted octanol–water partition coefficient (Wildman–Crippen LogP) is 1.71. The highest BCUT2D eigenvalue weighted by Crippen LogP contribution is 2.53. The second-order valence-corrected chi connectivity index (χ2v) is 4.77. The number of carbonyl (C=O) groups excluding carboxylic acids is 1. The summed E-state index contributed by atoms with van der Waals surface area (Å²) < 4.78 is 26.5. The number of hydrogen-bond donors (Lipinski definition) is 0. The molecule has 0 aliphatic heterocycles. The molecule has 0 saturated heterocycles. The highest BCUT2D eigenvalue weighted by atomic mass is 31.2. The van der Waals surface area contributed by atoms with E-state index in [0.29, 0.717) is 0 Å². The second-order valence-electron chi connectivity index (χ2n) is 2.66. The van der Waals surface area contributed by atoms with E-state index in [2.05, 4.69) is 4.74 Å². The van der Waals surface area contributed by atoms with Crippen LogP contribution in [0.5, 0.6) is 0 Å². The minimum Gasteiger partial charge on any atom is -0.465 e. The molecular weight excluding hydrogens is 233 g/mol. The van der Waals surface area contributed by atoms with E-state index in [9.17, 15) is 9.36 Å². The fourth-order valence-corrected chi connectivity index (χ4v) is 2.59. The summed E-state index contributed by atoms with van der Waals surface area (Å²) in [5.74, 6) is -0.879. The van der Waals surface area contributed by atoms with Crippen LogP contribution in [0, 0.1) is 11.3 Å². The molecule has 0 aliphatic rings. The molecule has 0 radical (unpaired) electrons. The molecule has 6 nitrogen and oxygen atoms in total. The molecule has 0 amide bonds. The summed E-state index contributed by atoms with van der Waals surface area (Å²) in [5.41, 5.74) is -1.52. The monoisotopic (exact) mass is 249 g/mol. The van der Waals surface area contributed by atoms with E-state index in [-0.39, 0.29) is 19.8 Å². The van der Waals surface area contributed by atoms with E-state index >= 15 is 0 Å². The number of nitriles is 1. The maximum atomic E-state index is 12.1. The molecule has 7 heteroatoms. The Morgan fingerprint density at radius 2 is 1.75 bits per heavy atom. The van der Waals surface area contributed by atoms with E-state index in [0.717, 1.165) is 0 Å². The van der Waals surface area contributed by atoms with Crippen molar-refractivity contribution < 1.29 is 23.1 Å². The minimum atomic E-state index is -3.75. The van der Waals surface area contributed by atoms with Gasteiger partial charge in [0.15, 0.2) is 0 Å². The number of hydrogen-bond acceptors (Lipinski definition) is 6. The molecular formula is C9H16NO5P. The first-order valence-corrected chi connectivity index (χ1v) is 6.61.